The van der Waals surface area contributed by atoms with Crippen molar-refractivity contribution >= 4 is 11.8 Å². The summed E-state index contributed by atoms with van der Waals surface area (Å²) in [6.07, 6.45) is 9.35. The predicted octanol–water partition coefficient (Wildman–Crippen LogP) is 1.92. The van der Waals surface area contributed by atoms with E-state index < -0.39 is 6.29 Å². The lowest BCUT2D eigenvalue weighted by molar-refractivity contribution is -0.0187. The fraction of sp³-hybridized carbons (Fsp3) is 0.800. The molecule has 3 heteroatoms. The van der Waals surface area contributed by atoms with Crippen LogP contribution in [0.3, 0.4) is 0 Å². The molecule has 2 N–H and O–H groups in total. The Hall–Kier alpha value is 0.01000. The minimum atomic E-state index is -1.15. The highest BCUT2D eigenvalue weighted by atomic mass is 32.2. The average Bonchev–Trinajstić information content (AvgIpc) is 2.01. The number of rotatable bonds is 3. The summed E-state index contributed by atoms with van der Waals surface area (Å²) in [4.78, 5) is 0. The summed E-state index contributed by atoms with van der Waals surface area (Å²) in [5.41, 5.74) is 0. The SMILES string of the molecule is OC(O)CSC1CC=CCCCC1. The van der Waals surface area contributed by atoms with E-state index in [1.807, 2.05) is 0 Å². The third kappa shape index (κ3) is 5.34. The van der Waals surface area contributed by atoms with Gasteiger partial charge in [-0.15, -0.1) is 0 Å². The molecule has 1 aliphatic rings. The lowest BCUT2D eigenvalue weighted by Gasteiger charge is -2.16. The van der Waals surface area contributed by atoms with E-state index in [-0.39, 0.29) is 0 Å². The van der Waals surface area contributed by atoms with E-state index in [4.69, 9.17) is 10.2 Å². The van der Waals surface area contributed by atoms with Crippen molar-refractivity contribution in [3.05, 3.63) is 12.2 Å². The Morgan fingerprint density at radius 1 is 1.31 bits per heavy atom. The van der Waals surface area contributed by atoms with E-state index in [2.05, 4.69) is 12.2 Å². The summed E-state index contributed by atoms with van der Waals surface area (Å²) in [6, 6.07) is 0. The van der Waals surface area contributed by atoms with Crippen LogP contribution in [0.5, 0.6) is 0 Å². The monoisotopic (exact) mass is 202 g/mol. The molecule has 2 nitrogen and oxygen atoms in total. The molecule has 0 radical (unpaired) electrons. The van der Waals surface area contributed by atoms with Crippen LogP contribution in [0.15, 0.2) is 12.2 Å². The highest BCUT2D eigenvalue weighted by Gasteiger charge is 2.10. The summed E-state index contributed by atoms with van der Waals surface area (Å²) in [6.45, 7) is 0. The first-order chi connectivity index (χ1) is 6.29. The number of thioether (sulfide) groups is 1. The molecule has 0 saturated heterocycles. The molecular weight excluding hydrogens is 184 g/mol. The predicted molar refractivity (Wildman–Crippen MR) is 56.7 cm³/mol. The topological polar surface area (TPSA) is 40.5 Å². The van der Waals surface area contributed by atoms with Crippen LogP contribution in [0.2, 0.25) is 0 Å². The number of aliphatic hydroxyl groups is 2. The smallest absolute Gasteiger partial charge is 0.160 e. The quantitative estimate of drug-likeness (QED) is 0.542. The molecule has 0 saturated carbocycles. The standard InChI is InChI=1S/C10H18O2S/c11-10(12)8-13-9-6-4-2-1-3-5-7-9/h2,4,9-12H,1,3,5-8H2. The van der Waals surface area contributed by atoms with Crippen molar-refractivity contribution < 1.29 is 10.2 Å². The second-order valence-electron chi connectivity index (χ2n) is 3.43. The lowest BCUT2D eigenvalue weighted by Crippen LogP contribution is -2.12. The molecule has 76 valence electrons. The maximum Gasteiger partial charge on any atom is 0.160 e. The molecule has 0 fully saturated rings. The van der Waals surface area contributed by atoms with E-state index in [0.717, 1.165) is 6.42 Å². The summed E-state index contributed by atoms with van der Waals surface area (Å²) in [5, 5.41) is 18.0. The molecular formula is C10H18O2S. The summed E-state index contributed by atoms with van der Waals surface area (Å²) >= 11 is 1.68. The van der Waals surface area contributed by atoms with Crippen LogP contribution in [0.4, 0.5) is 0 Å². The van der Waals surface area contributed by atoms with Gasteiger partial charge in [-0.05, 0) is 25.7 Å². The van der Waals surface area contributed by atoms with E-state index in [1.165, 1.54) is 25.7 Å². The van der Waals surface area contributed by atoms with Crippen molar-refractivity contribution in [2.75, 3.05) is 5.75 Å². The second kappa shape index (κ2) is 6.46. The van der Waals surface area contributed by atoms with Crippen molar-refractivity contribution in [2.45, 2.75) is 43.6 Å². The van der Waals surface area contributed by atoms with Crippen molar-refractivity contribution in [3.8, 4) is 0 Å². The highest BCUT2D eigenvalue weighted by molar-refractivity contribution is 7.99. The van der Waals surface area contributed by atoms with Gasteiger partial charge in [-0.2, -0.15) is 11.8 Å². The summed E-state index contributed by atoms with van der Waals surface area (Å²) in [7, 11) is 0. The van der Waals surface area contributed by atoms with Crippen LogP contribution in [-0.2, 0) is 0 Å². The Morgan fingerprint density at radius 2 is 2.15 bits per heavy atom. The third-order valence-corrected chi connectivity index (χ3v) is 3.58. The fourth-order valence-corrected chi connectivity index (χ4v) is 2.52. The van der Waals surface area contributed by atoms with Crippen LogP contribution in [0.25, 0.3) is 0 Å². The molecule has 0 heterocycles. The normalized spacial score (nSPS) is 24.4. The molecule has 0 bridgehead atoms. The minimum absolute atomic E-state index is 0.443. The molecule has 0 amide bonds. The Balaban J connectivity index is 2.22. The van der Waals surface area contributed by atoms with E-state index >= 15 is 0 Å². The van der Waals surface area contributed by atoms with Crippen LogP contribution in [0, 0.1) is 0 Å². The Kier molecular flexibility index (Phi) is 5.51. The molecule has 1 rings (SSSR count). The average molecular weight is 202 g/mol. The number of hydrogen-bond donors (Lipinski definition) is 2. The van der Waals surface area contributed by atoms with Gasteiger partial charge in [0.25, 0.3) is 0 Å². The molecule has 1 atom stereocenters. The lowest BCUT2D eigenvalue weighted by atomic mass is 10.1. The first-order valence-corrected chi connectivity index (χ1v) is 5.96. The zero-order chi connectivity index (χ0) is 9.52. The van der Waals surface area contributed by atoms with Crippen LogP contribution >= 0.6 is 11.8 Å². The van der Waals surface area contributed by atoms with Gasteiger partial charge in [0.15, 0.2) is 6.29 Å². The van der Waals surface area contributed by atoms with Gasteiger partial charge in [-0.3, -0.25) is 0 Å². The fourth-order valence-electron chi connectivity index (χ4n) is 1.49. The van der Waals surface area contributed by atoms with Crippen LogP contribution in [-0.4, -0.2) is 27.5 Å². The Morgan fingerprint density at radius 3 is 2.92 bits per heavy atom. The van der Waals surface area contributed by atoms with Crippen LogP contribution in [0.1, 0.15) is 32.1 Å². The van der Waals surface area contributed by atoms with Gasteiger partial charge < -0.3 is 10.2 Å². The van der Waals surface area contributed by atoms with Crippen molar-refractivity contribution in [2.24, 2.45) is 0 Å². The van der Waals surface area contributed by atoms with E-state index in [9.17, 15) is 0 Å². The first kappa shape index (κ1) is 11.1. The molecule has 0 aromatic carbocycles. The minimum Gasteiger partial charge on any atom is -0.367 e. The molecule has 0 spiro atoms. The van der Waals surface area contributed by atoms with E-state index in [1.54, 1.807) is 11.8 Å². The third-order valence-electron chi connectivity index (χ3n) is 2.19. The van der Waals surface area contributed by atoms with E-state index in [0.29, 0.717) is 11.0 Å². The van der Waals surface area contributed by atoms with Gasteiger partial charge >= 0.3 is 0 Å². The maximum atomic E-state index is 8.73. The maximum absolute atomic E-state index is 8.73. The molecule has 1 aliphatic carbocycles. The summed E-state index contributed by atoms with van der Waals surface area (Å²) < 4.78 is 0. The van der Waals surface area contributed by atoms with Gasteiger partial charge in [0, 0.05) is 11.0 Å². The molecule has 1 unspecified atom stereocenters. The summed E-state index contributed by atoms with van der Waals surface area (Å²) in [5.74, 6) is 0.443. The highest BCUT2D eigenvalue weighted by Crippen LogP contribution is 2.24. The number of aliphatic hydroxyl groups excluding tert-OH is 1. The van der Waals surface area contributed by atoms with Gasteiger partial charge in [-0.1, -0.05) is 18.6 Å². The van der Waals surface area contributed by atoms with Gasteiger partial charge in [0.1, 0.15) is 0 Å². The number of allylic oxidation sites excluding steroid dienone is 2. The first-order valence-electron chi connectivity index (χ1n) is 4.92. The molecule has 13 heavy (non-hydrogen) atoms. The Labute approximate surface area is 84.0 Å². The molecule has 0 aromatic rings. The Bertz CT molecular complexity index is 157. The van der Waals surface area contributed by atoms with Gasteiger partial charge in [0.05, 0.1) is 0 Å². The van der Waals surface area contributed by atoms with Crippen molar-refractivity contribution in [1.82, 2.24) is 0 Å². The number of hydrogen-bond acceptors (Lipinski definition) is 3. The van der Waals surface area contributed by atoms with Gasteiger partial charge in [0.2, 0.25) is 0 Å². The molecule has 0 aliphatic heterocycles. The zero-order valence-electron chi connectivity index (χ0n) is 7.85. The van der Waals surface area contributed by atoms with Crippen LogP contribution < -0.4 is 0 Å². The molecule has 0 aromatic heterocycles. The second-order valence-corrected chi connectivity index (χ2v) is 4.76. The zero-order valence-corrected chi connectivity index (χ0v) is 8.67. The van der Waals surface area contributed by atoms with Crippen molar-refractivity contribution in [3.63, 3.8) is 0 Å². The largest absolute Gasteiger partial charge is 0.367 e. The van der Waals surface area contributed by atoms with Gasteiger partial charge in [-0.25, -0.2) is 0 Å². The van der Waals surface area contributed by atoms with Crippen molar-refractivity contribution in [1.29, 1.82) is 0 Å².